The second-order valence-corrected chi connectivity index (χ2v) is 14.2. The van der Waals surface area contributed by atoms with Crippen LogP contribution in [-0.2, 0) is 0 Å². The molecule has 256 valence electrons. The molecule has 3 heteroatoms. The van der Waals surface area contributed by atoms with Gasteiger partial charge >= 0.3 is 0 Å². The molecule has 11 rings (SSSR count). The minimum absolute atomic E-state index is 0.847. The van der Waals surface area contributed by atoms with Crippen molar-refractivity contribution in [3.63, 3.8) is 0 Å². The lowest BCUT2D eigenvalue weighted by Gasteiger charge is -2.15. The van der Waals surface area contributed by atoms with E-state index in [2.05, 4.69) is 199 Å². The van der Waals surface area contributed by atoms with E-state index < -0.39 is 0 Å². The van der Waals surface area contributed by atoms with Crippen molar-refractivity contribution in [3.05, 3.63) is 200 Å². The summed E-state index contributed by atoms with van der Waals surface area (Å²) in [6, 6.07) is 69.4. The van der Waals surface area contributed by atoms with Gasteiger partial charge in [0.2, 0.25) is 0 Å². The quantitative estimate of drug-likeness (QED) is 0.167. The van der Waals surface area contributed by atoms with E-state index in [1.165, 1.54) is 43.7 Å². The topological polar surface area (TPSA) is 30.7 Å². The van der Waals surface area contributed by atoms with Crippen LogP contribution >= 0.6 is 0 Å². The van der Waals surface area contributed by atoms with E-state index in [4.69, 9.17) is 9.97 Å². The second kappa shape index (κ2) is 12.6. The third-order valence-electron chi connectivity index (χ3n) is 11.0. The normalized spacial score (nSPS) is 11.6. The Balaban J connectivity index is 1.13. The number of rotatable bonds is 5. The highest BCUT2D eigenvalue weighted by molar-refractivity contribution is 6.24. The maximum atomic E-state index is 5.54. The molecule has 0 spiro atoms. The number of hydrogen-bond donors (Lipinski definition) is 0. The molecular formula is C52H33N3. The molecule has 55 heavy (non-hydrogen) atoms. The minimum atomic E-state index is 0.847. The van der Waals surface area contributed by atoms with Gasteiger partial charge in [-0.05, 0) is 86.6 Å². The molecule has 9 aromatic carbocycles. The number of benzene rings is 9. The zero-order chi connectivity index (χ0) is 36.3. The Hall–Kier alpha value is -7.36. The van der Waals surface area contributed by atoms with Crippen LogP contribution in [0.2, 0.25) is 0 Å². The van der Waals surface area contributed by atoms with Crippen molar-refractivity contribution < 1.29 is 0 Å². The Morgan fingerprint density at radius 3 is 1.55 bits per heavy atom. The molecule has 2 aromatic heterocycles. The molecule has 3 nitrogen and oxygen atoms in total. The molecule has 0 aliphatic carbocycles. The predicted octanol–water partition coefficient (Wildman–Crippen LogP) is 13.7. The third-order valence-corrected chi connectivity index (χ3v) is 11.0. The van der Waals surface area contributed by atoms with Crippen LogP contribution in [0.1, 0.15) is 0 Å². The molecule has 2 heterocycles. The highest BCUT2D eigenvalue weighted by atomic mass is 15.0. The number of aromatic nitrogens is 3. The molecular weight excluding hydrogens is 667 g/mol. The third kappa shape index (κ3) is 5.13. The lowest BCUT2D eigenvalue weighted by molar-refractivity contribution is 1.18. The number of para-hydroxylation sites is 2. The van der Waals surface area contributed by atoms with Gasteiger partial charge in [-0.2, -0.15) is 0 Å². The van der Waals surface area contributed by atoms with E-state index in [0.29, 0.717) is 0 Å². The monoisotopic (exact) mass is 699 g/mol. The van der Waals surface area contributed by atoms with E-state index in [9.17, 15) is 0 Å². The molecule has 0 aliphatic heterocycles. The zero-order valence-electron chi connectivity index (χ0n) is 29.9. The van der Waals surface area contributed by atoms with Crippen molar-refractivity contribution >= 4 is 54.4 Å². The highest BCUT2D eigenvalue weighted by Gasteiger charge is 2.18. The summed E-state index contributed by atoms with van der Waals surface area (Å²) in [7, 11) is 0. The summed E-state index contributed by atoms with van der Waals surface area (Å²) in [6.45, 7) is 0. The van der Waals surface area contributed by atoms with E-state index in [0.717, 1.165) is 61.0 Å². The van der Waals surface area contributed by atoms with Crippen LogP contribution in [0.15, 0.2) is 200 Å². The average molecular weight is 700 g/mol. The average Bonchev–Trinajstić information content (AvgIpc) is 3.60. The van der Waals surface area contributed by atoms with Crippen molar-refractivity contribution in [3.8, 4) is 50.3 Å². The lowest BCUT2D eigenvalue weighted by atomic mass is 9.93. The molecule has 0 N–H and O–H groups in total. The fourth-order valence-electron chi connectivity index (χ4n) is 8.43. The van der Waals surface area contributed by atoms with Crippen LogP contribution in [-0.4, -0.2) is 14.5 Å². The number of fused-ring (bicyclic) bond motifs is 9. The Labute approximate surface area is 318 Å². The van der Waals surface area contributed by atoms with E-state index >= 15 is 0 Å². The molecule has 0 radical (unpaired) electrons. The molecule has 0 unspecified atom stereocenters. The van der Waals surface area contributed by atoms with Gasteiger partial charge in [-0.1, -0.05) is 152 Å². The maximum absolute atomic E-state index is 5.54. The van der Waals surface area contributed by atoms with Crippen LogP contribution in [0.25, 0.3) is 105 Å². The summed E-state index contributed by atoms with van der Waals surface area (Å²) < 4.78 is 2.36. The first-order chi connectivity index (χ1) is 27.3. The Morgan fingerprint density at radius 1 is 0.327 bits per heavy atom. The van der Waals surface area contributed by atoms with Gasteiger partial charge in [0.25, 0.3) is 0 Å². The van der Waals surface area contributed by atoms with Gasteiger partial charge in [-0.3, -0.25) is 4.98 Å². The van der Waals surface area contributed by atoms with Gasteiger partial charge < -0.3 is 4.57 Å². The smallest absolute Gasteiger partial charge is 0.0979 e. The van der Waals surface area contributed by atoms with Crippen LogP contribution in [0, 0.1) is 0 Å². The van der Waals surface area contributed by atoms with Gasteiger partial charge in [0.05, 0.1) is 34.0 Å². The summed E-state index contributed by atoms with van der Waals surface area (Å²) in [5, 5.41) is 6.99. The summed E-state index contributed by atoms with van der Waals surface area (Å²) in [4.78, 5) is 10.8. The number of hydrogen-bond acceptors (Lipinski definition) is 2. The predicted molar refractivity (Wildman–Crippen MR) is 231 cm³/mol. The molecule has 0 amide bonds. The lowest BCUT2D eigenvalue weighted by Crippen LogP contribution is -1.95. The van der Waals surface area contributed by atoms with Gasteiger partial charge in [-0.15, -0.1) is 0 Å². The van der Waals surface area contributed by atoms with Crippen molar-refractivity contribution in [1.82, 2.24) is 14.5 Å². The molecule has 0 fully saturated rings. The molecule has 0 saturated heterocycles. The Bertz CT molecular complexity index is 3240. The van der Waals surface area contributed by atoms with Gasteiger partial charge in [0, 0.05) is 32.8 Å². The maximum Gasteiger partial charge on any atom is 0.0979 e. The Morgan fingerprint density at radius 2 is 0.855 bits per heavy atom. The first kappa shape index (κ1) is 31.2. The SMILES string of the molecule is c1ccc(-c2ccc3c4ccc(-c5ccccc5)cc4c4nc(-c5ccccc5-c5ccc6c(c5)c5ccccc5n6-c5ccccc5)cnc4c3c2)cc1. The van der Waals surface area contributed by atoms with E-state index in [1.807, 2.05) is 6.20 Å². The highest BCUT2D eigenvalue weighted by Crippen LogP contribution is 2.41. The fraction of sp³-hybridized carbons (Fsp3) is 0. The summed E-state index contributed by atoms with van der Waals surface area (Å²) in [5.41, 5.74) is 14.2. The van der Waals surface area contributed by atoms with Crippen molar-refractivity contribution in [2.45, 2.75) is 0 Å². The van der Waals surface area contributed by atoms with Crippen LogP contribution < -0.4 is 0 Å². The standard InChI is InChI=1S/C52H33N3/c1-4-14-34(15-5-1)36-24-27-41-42-28-25-37(35-16-6-2-7-17-35)31-47(42)52-51(46(41)30-36)53-33-48(54-52)43-21-11-10-20-40(43)38-26-29-50-45(32-38)44-22-12-13-23-49(44)55(50)39-18-8-3-9-19-39/h1-33H. The van der Waals surface area contributed by atoms with Crippen LogP contribution in [0.4, 0.5) is 0 Å². The zero-order valence-corrected chi connectivity index (χ0v) is 29.9. The van der Waals surface area contributed by atoms with Crippen LogP contribution in [0.5, 0.6) is 0 Å². The summed E-state index contributed by atoms with van der Waals surface area (Å²) >= 11 is 0. The molecule has 0 bridgehead atoms. The van der Waals surface area contributed by atoms with Crippen LogP contribution in [0.3, 0.4) is 0 Å². The van der Waals surface area contributed by atoms with Crippen molar-refractivity contribution in [1.29, 1.82) is 0 Å². The molecule has 0 atom stereocenters. The van der Waals surface area contributed by atoms with E-state index in [-0.39, 0.29) is 0 Å². The first-order valence-electron chi connectivity index (χ1n) is 18.7. The Kier molecular flexibility index (Phi) is 7.17. The van der Waals surface area contributed by atoms with Gasteiger partial charge in [0.1, 0.15) is 0 Å². The fourth-order valence-corrected chi connectivity index (χ4v) is 8.43. The minimum Gasteiger partial charge on any atom is -0.309 e. The molecule has 11 aromatic rings. The van der Waals surface area contributed by atoms with E-state index in [1.54, 1.807) is 0 Å². The summed E-state index contributed by atoms with van der Waals surface area (Å²) in [5.74, 6) is 0. The van der Waals surface area contributed by atoms with Gasteiger partial charge in [0.15, 0.2) is 0 Å². The molecule has 0 saturated carbocycles. The first-order valence-corrected chi connectivity index (χ1v) is 18.7. The van der Waals surface area contributed by atoms with Crippen molar-refractivity contribution in [2.24, 2.45) is 0 Å². The summed E-state index contributed by atoms with van der Waals surface area (Å²) in [6.07, 6.45) is 1.96. The largest absolute Gasteiger partial charge is 0.309 e. The number of nitrogens with zero attached hydrogens (tertiary/aromatic N) is 3. The van der Waals surface area contributed by atoms with Crippen molar-refractivity contribution in [2.75, 3.05) is 0 Å². The van der Waals surface area contributed by atoms with Gasteiger partial charge in [-0.25, -0.2) is 4.98 Å². The second-order valence-electron chi connectivity index (χ2n) is 14.2. The molecule has 0 aliphatic rings.